The van der Waals surface area contributed by atoms with Gasteiger partial charge in [0.1, 0.15) is 0 Å². The van der Waals surface area contributed by atoms with Crippen LogP contribution in [0.5, 0.6) is 11.5 Å². The highest BCUT2D eigenvalue weighted by molar-refractivity contribution is 6.32. The minimum Gasteiger partial charge on any atom is -0.493 e. The van der Waals surface area contributed by atoms with Crippen LogP contribution in [0.15, 0.2) is 12.1 Å². The molecule has 0 atom stereocenters. The first-order valence-corrected chi connectivity index (χ1v) is 6.90. The van der Waals surface area contributed by atoms with E-state index in [9.17, 15) is 4.79 Å². The number of halogens is 1. The summed E-state index contributed by atoms with van der Waals surface area (Å²) in [6.45, 7) is 3.88. The number of ether oxygens (including phenoxy) is 2. The number of benzene rings is 1. The summed E-state index contributed by atoms with van der Waals surface area (Å²) in [5.74, 6) is 0.962. The lowest BCUT2D eigenvalue weighted by atomic mass is 10.2. The molecule has 0 heterocycles. The molecule has 0 saturated carbocycles. The monoisotopic (exact) mass is 300 g/mol. The van der Waals surface area contributed by atoms with Crippen LogP contribution in [0.1, 0.15) is 18.9 Å². The van der Waals surface area contributed by atoms with Crippen molar-refractivity contribution < 1.29 is 14.3 Å². The predicted molar refractivity (Wildman–Crippen MR) is 79.6 cm³/mol. The molecule has 0 aromatic heterocycles. The van der Waals surface area contributed by atoms with Gasteiger partial charge in [-0.2, -0.15) is 0 Å². The van der Waals surface area contributed by atoms with Crippen molar-refractivity contribution >= 4 is 17.5 Å². The summed E-state index contributed by atoms with van der Waals surface area (Å²) in [6.07, 6.45) is 0.273. The maximum Gasteiger partial charge on any atom is 0.223 e. The highest BCUT2D eigenvalue weighted by Gasteiger charge is 2.12. The quantitative estimate of drug-likeness (QED) is 0.771. The lowest BCUT2D eigenvalue weighted by Crippen LogP contribution is -2.20. The molecule has 2 N–H and O–H groups in total. The average Bonchev–Trinajstić information content (AvgIpc) is 2.46. The summed E-state index contributed by atoms with van der Waals surface area (Å²) in [5, 5.41) is 6.24. The first kappa shape index (κ1) is 16.6. The van der Waals surface area contributed by atoms with Gasteiger partial charge in [0.15, 0.2) is 11.5 Å². The third-order valence-electron chi connectivity index (χ3n) is 2.72. The standard InChI is InChI=1S/C14H21ClN2O3/c1-4-17-9-10-7-11(15)14(12(8-10)19-3)20-6-5-13(18)16-2/h7-8,17H,4-6,9H2,1-3H3,(H,16,18). The van der Waals surface area contributed by atoms with Crippen LogP contribution < -0.4 is 20.1 Å². The van der Waals surface area contributed by atoms with E-state index >= 15 is 0 Å². The molecule has 0 aliphatic carbocycles. The van der Waals surface area contributed by atoms with Crippen molar-refractivity contribution in [2.24, 2.45) is 0 Å². The second kappa shape index (κ2) is 8.66. The minimum atomic E-state index is -0.0798. The van der Waals surface area contributed by atoms with Gasteiger partial charge in [0, 0.05) is 13.6 Å². The van der Waals surface area contributed by atoms with Gasteiger partial charge in [-0.25, -0.2) is 0 Å². The second-order valence-electron chi connectivity index (χ2n) is 4.16. The number of carbonyl (C=O) groups excluding carboxylic acids is 1. The zero-order chi connectivity index (χ0) is 15.0. The van der Waals surface area contributed by atoms with E-state index in [0.29, 0.717) is 23.1 Å². The highest BCUT2D eigenvalue weighted by Crippen LogP contribution is 2.36. The van der Waals surface area contributed by atoms with Crippen LogP contribution in [-0.4, -0.2) is 33.2 Å². The molecule has 0 aliphatic heterocycles. The first-order valence-electron chi connectivity index (χ1n) is 6.52. The summed E-state index contributed by atoms with van der Waals surface area (Å²) < 4.78 is 10.8. The van der Waals surface area contributed by atoms with Gasteiger partial charge in [-0.3, -0.25) is 4.79 Å². The molecule has 0 unspecified atom stereocenters. The highest BCUT2D eigenvalue weighted by atomic mass is 35.5. The van der Waals surface area contributed by atoms with Gasteiger partial charge in [0.25, 0.3) is 0 Å². The fraction of sp³-hybridized carbons (Fsp3) is 0.500. The van der Waals surface area contributed by atoms with Crippen LogP contribution >= 0.6 is 11.6 Å². The summed E-state index contributed by atoms with van der Waals surface area (Å²) in [4.78, 5) is 11.2. The molecule has 0 bridgehead atoms. The fourth-order valence-corrected chi connectivity index (χ4v) is 1.94. The summed E-state index contributed by atoms with van der Waals surface area (Å²) in [6, 6.07) is 3.71. The van der Waals surface area contributed by atoms with E-state index in [2.05, 4.69) is 10.6 Å². The zero-order valence-corrected chi connectivity index (χ0v) is 12.8. The van der Waals surface area contributed by atoms with Crippen molar-refractivity contribution in [1.29, 1.82) is 0 Å². The Morgan fingerprint density at radius 2 is 2.15 bits per heavy atom. The molecule has 0 saturated heterocycles. The lowest BCUT2D eigenvalue weighted by Gasteiger charge is -2.14. The van der Waals surface area contributed by atoms with Gasteiger partial charge in [-0.1, -0.05) is 18.5 Å². The number of methoxy groups -OCH3 is 1. The number of hydrogen-bond acceptors (Lipinski definition) is 4. The summed E-state index contributed by atoms with van der Waals surface area (Å²) in [7, 11) is 3.15. The zero-order valence-electron chi connectivity index (χ0n) is 12.1. The smallest absolute Gasteiger partial charge is 0.223 e. The Morgan fingerprint density at radius 1 is 1.40 bits per heavy atom. The summed E-state index contributed by atoms with van der Waals surface area (Å²) in [5.41, 5.74) is 1.02. The van der Waals surface area contributed by atoms with E-state index < -0.39 is 0 Å². The van der Waals surface area contributed by atoms with Crippen molar-refractivity contribution in [3.05, 3.63) is 22.7 Å². The van der Waals surface area contributed by atoms with Crippen LogP contribution in [0.3, 0.4) is 0 Å². The van der Waals surface area contributed by atoms with Gasteiger partial charge in [0.05, 0.1) is 25.2 Å². The molecule has 1 amide bonds. The number of carbonyl (C=O) groups is 1. The molecule has 112 valence electrons. The van der Waals surface area contributed by atoms with Crippen molar-refractivity contribution in [2.75, 3.05) is 27.3 Å². The molecule has 0 aliphatic rings. The second-order valence-corrected chi connectivity index (χ2v) is 4.57. The van der Waals surface area contributed by atoms with Crippen LogP contribution in [0.4, 0.5) is 0 Å². The van der Waals surface area contributed by atoms with Crippen molar-refractivity contribution in [2.45, 2.75) is 19.9 Å². The first-order chi connectivity index (χ1) is 9.62. The maximum absolute atomic E-state index is 11.2. The van der Waals surface area contributed by atoms with Crippen LogP contribution in [0.25, 0.3) is 0 Å². The maximum atomic E-state index is 11.2. The van der Waals surface area contributed by atoms with Gasteiger partial charge in [-0.05, 0) is 24.2 Å². The van der Waals surface area contributed by atoms with E-state index in [1.54, 1.807) is 14.2 Å². The Hall–Kier alpha value is -1.46. The average molecular weight is 301 g/mol. The van der Waals surface area contributed by atoms with Crippen LogP contribution in [0, 0.1) is 0 Å². The Labute approximate surface area is 124 Å². The van der Waals surface area contributed by atoms with Crippen molar-refractivity contribution in [3.8, 4) is 11.5 Å². The number of nitrogens with one attached hydrogen (secondary N) is 2. The molecule has 20 heavy (non-hydrogen) atoms. The third-order valence-corrected chi connectivity index (χ3v) is 3.00. The Bertz CT molecular complexity index is 452. The molecule has 1 aromatic rings. The number of amides is 1. The Kier molecular flexibility index (Phi) is 7.18. The van der Waals surface area contributed by atoms with E-state index in [1.165, 1.54) is 0 Å². The van der Waals surface area contributed by atoms with E-state index in [0.717, 1.165) is 12.1 Å². The summed E-state index contributed by atoms with van der Waals surface area (Å²) >= 11 is 6.21. The fourth-order valence-electron chi connectivity index (χ4n) is 1.66. The molecule has 0 spiro atoms. The van der Waals surface area contributed by atoms with E-state index in [1.807, 2.05) is 19.1 Å². The van der Waals surface area contributed by atoms with Gasteiger partial charge < -0.3 is 20.1 Å². The minimum absolute atomic E-state index is 0.0798. The Balaban J connectivity index is 2.76. The van der Waals surface area contributed by atoms with Gasteiger partial charge >= 0.3 is 0 Å². The molecule has 0 fully saturated rings. The van der Waals surface area contributed by atoms with Crippen molar-refractivity contribution in [1.82, 2.24) is 10.6 Å². The largest absolute Gasteiger partial charge is 0.493 e. The molecule has 1 rings (SSSR count). The lowest BCUT2D eigenvalue weighted by molar-refractivity contribution is -0.121. The topological polar surface area (TPSA) is 59.6 Å². The van der Waals surface area contributed by atoms with E-state index in [-0.39, 0.29) is 18.9 Å². The molecule has 1 aromatic carbocycles. The molecular formula is C14H21ClN2O3. The number of hydrogen-bond donors (Lipinski definition) is 2. The van der Waals surface area contributed by atoms with Crippen LogP contribution in [0.2, 0.25) is 5.02 Å². The van der Waals surface area contributed by atoms with E-state index in [4.69, 9.17) is 21.1 Å². The Morgan fingerprint density at radius 3 is 2.75 bits per heavy atom. The SMILES string of the molecule is CCNCc1cc(Cl)c(OCCC(=O)NC)c(OC)c1. The normalized spacial score (nSPS) is 10.2. The van der Waals surface area contributed by atoms with Gasteiger partial charge in [0.2, 0.25) is 5.91 Å². The molecule has 5 nitrogen and oxygen atoms in total. The van der Waals surface area contributed by atoms with Crippen LogP contribution in [-0.2, 0) is 11.3 Å². The molecule has 6 heteroatoms. The van der Waals surface area contributed by atoms with Gasteiger partial charge in [-0.15, -0.1) is 0 Å². The molecule has 0 radical (unpaired) electrons. The third kappa shape index (κ3) is 4.90. The van der Waals surface area contributed by atoms with Crippen molar-refractivity contribution in [3.63, 3.8) is 0 Å². The number of rotatable bonds is 8. The predicted octanol–water partition coefficient (Wildman–Crippen LogP) is 1.97. The molecular weight excluding hydrogens is 280 g/mol.